The number of hydrogen-bond acceptors (Lipinski definition) is 6. The minimum atomic E-state index is -0.704. The molecule has 4 rings (SSSR count). The first-order chi connectivity index (χ1) is 16.4. The van der Waals surface area contributed by atoms with Crippen molar-refractivity contribution < 1.29 is 19.1 Å². The zero-order chi connectivity index (χ0) is 24.3. The van der Waals surface area contributed by atoms with Crippen molar-refractivity contribution in [1.29, 1.82) is 0 Å². The van der Waals surface area contributed by atoms with Crippen LogP contribution in [0.25, 0.3) is 0 Å². The van der Waals surface area contributed by atoms with Crippen molar-refractivity contribution in [2.45, 2.75) is 45.2 Å². The van der Waals surface area contributed by atoms with Crippen LogP contribution in [0.15, 0.2) is 48.8 Å². The maximum Gasteiger partial charge on any atom is 0.328 e. The Morgan fingerprint density at radius 2 is 1.82 bits per heavy atom. The molecule has 2 fully saturated rings. The lowest BCUT2D eigenvalue weighted by Gasteiger charge is -2.57. The quantitative estimate of drug-likeness (QED) is 0.520. The van der Waals surface area contributed by atoms with Crippen LogP contribution in [0.2, 0.25) is 0 Å². The molecule has 2 aliphatic rings. The van der Waals surface area contributed by atoms with Crippen LogP contribution in [-0.4, -0.2) is 59.0 Å². The number of urea groups is 1. The third-order valence-electron chi connectivity index (χ3n) is 7.18. The number of amides is 3. The Labute approximate surface area is 199 Å². The number of piperidine rings is 1. The van der Waals surface area contributed by atoms with Gasteiger partial charge >= 0.3 is 12.0 Å². The molecule has 1 N–H and O–H groups in total. The number of ether oxygens (including phenoxy) is 1. The van der Waals surface area contributed by atoms with Crippen molar-refractivity contribution in [1.82, 2.24) is 20.2 Å². The molecule has 0 radical (unpaired) electrons. The Kier molecular flexibility index (Phi) is 6.81. The number of carbonyl (C=O) groups excluding carboxylic acids is 3. The lowest BCUT2D eigenvalue weighted by atomic mass is 9.63. The van der Waals surface area contributed by atoms with Gasteiger partial charge in [-0.2, -0.15) is 0 Å². The van der Waals surface area contributed by atoms with Gasteiger partial charge in [-0.05, 0) is 43.0 Å². The largest absolute Gasteiger partial charge is 0.467 e. The topological polar surface area (TPSA) is 105 Å². The molecule has 2 saturated heterocycles. The van der Waals surface area contributed by atoms with E-state index in [9.17, 15) is 14.4 Å². The van der Waals surface area contributed by atoms with Gasteiger partial charge in [-0.3, -0.25) is 14.7 Å². The molecule has 0 saturated carbocycles. The Morgan fingerprint density at radius 1 is 1.15 bits per heavy atom. The van der Waals surface area contributed by atoms with Crippen LogP contribution < -0.4 is 10.2 Å². The summed E-state index contributed by atoms with van der Waals surface area (Å²) in [6, 6.07) is 9.94. The fourth-order valence-corrected chi connectivity index (χ4v) is 4.96. The van der Waals surface area contributed by atoms with Crippen molar-refractivity contribution in [2.24, 2.45) is 11.3 Å². The van der Waals surface area contributed by atoms with Crippen LogP contribution in [0.3, 0.4) is 0 Å². The normalized spacial score (nSPS) is 20.9. The third kappa shape index (κ3) is 4.10. The summed E-state index contributed by atoms with van der Waals surface area (Å²) < 4.78 is 4.88. The van der Waals surface area contributed by atoms with Crippen molar-refractivity contribution in [3.8, 4) is 0 Å². The van der Waals surface area contributed by atoms with Crippen molar-refractivity contribution >= 4 is 23.7 Å². The number of methoxy groups -OCH3 is 1. The van der Waals surface area contributed by atoms with E-state index in [4.69, 9.17) is 4.74 Å². The molecule has 0 aliphatic carbocycles. The summed E-state index contributed by atoms with van der Waals surface area (Å²) in [7, 11) is 1.32. The van der Waals surface area contributed by atoms with E-state index in [1.54, 1.807) is 22.2 Å². The van der Waals surface area contributed by atoms with E-state index >= 15 is 0 Å². The molecule has 9 heteroatoms. The molecule has 3 atom stereocenters. The van der Waals surface area contributed by atoms with Gasteiger partial charge in [0.15, 0.2) is 0 Å². The number of β-lactam (4-membered cyclic amide) rings is 1. The minimum Gasteiger partial charge on any atom is -0.467 e. The number of aromatic nitrogens is 2. The highest BCUT2D eigenvalue weighted by atomic mass is 16.5. The fourth-order valence-electron chi connectivity index (χ4n) is 4.96. The van der Waals surface area contributed by atoms with Gasteiger partial charge in [0.1, 0.15) is 11.9 Å². The molecule has 3 amide bonds. The first-order valence-corrected chi connectivity index (χ1v) is 11.7. The third-order valence-corrected chi connectivity index (χ3v) is 7.18. The maximum atomic E-state index is 13.5. The summed E-state index contributed by atoms with van der Waals surface area (Å²) in [5.41, 5.74) is 0.175. The molecule has 180 valence electrons. The average molecular weight is 466 g/mol. The van der Waals surface area contributed by atoms with E-state index in [1.807, 2.05) is 50.2 Å². The number of nitrogens with one attached hydrogen (secondary N) is 1. The number of nitrogens with zero attached hydrogens (tertiary/aromatic N) is 4. The first kappa shape index (κ1) is 23.7. The Bertz CT molecular complexity index is 1020. The summed E-state index contributed by atoms with van der Waals surface area (Å²) in [5, 5.41) is 2.83. The number of anilines is 1. The second-order valence-electron chi connectivity index (χ2n) is 9.00. The maximum absolute atomic E-state index is 13.5. The summed E-state index contributed by atoms with van der Waals surface area (Å²) in [6.07, 6.45) is 5.15. The highest BCUT2D eigenvalue weighted by molar-refractivity contribution is 6.05. The molecule has 1 unspecified atom stereocenters. The molecular formula is C25H31N5O4. The fraction of sp³-hybridized carbons (Fsp3) is 0.480. The van der Waals surface area contributed by atoms with Gasteiger partial charge in [0.25, 0.3) is 0 Å². The Balaban J connectivity index is 1.51. The minimum absolute atomic E-state index is 0.00829. The summed E-state index contributed by atoms with van der Waals surface area (Å²) in [4.78, 5) is 51.0. The second-order valence-corrected chi connectivity index (χ2v) is 9.00. The highest BCUT2D eigenvalue weighted by Crippen LogP contribution is 2.56. The van der Waals surface area contributed by atoms with Crippen molar-refractivity contribution in [3.05, 3.63) is 54.5 Å². The van der Waals surface area contributed by atoms with E-state index in [2.05, 4.69) is 15.3 Å². The summed E-state index contributed by atoms with van der Waals surface area (Å²) in [6.45, 7) is 4.69. The molecule has 2 aromatic heterocycles. The predicted molar refractivity (Wildman–Crippen MR) is 126 cm³/mol. The zero-order valence-corrected chi connectivity index (χ0v) is 19.8. The number of esters is 1. The van der Waals surface area contributed by atoms with Crippen molar-refractivity contribution in [3.63, 3.8) is 0 Å². The lowest BCUT2D eigenvalue weighted by Crippen LogP contribution is -2.67. The summed E-state index contributed by atoms with van der Waals surface area (Å²) in [5.74, 6) is 0.102. The molecule has 4 heterocycles. The zero-order valence-electron chi connectivity index (χ0n) is 19.8. The van der Waals surface area contributed by atoms with Crippen LogP contribution in [-0.2, 0) is 14.3 Å². The predicted octanol–water partition coefficient (Wildman–Crippen LogP) is 2.94. The van der Waals surface area contributed by atoms with Gasteiger partial charge in [-0.15, -0.1) is 0 Å². The van der Waals surface area contributed by atoms with Crippen LogP contribution in [0.4, 0.5) is 10.6 Å². The van der Waals surface area contributed by atoms with Gasteiger partial charge in [-0.25, -0.2) is 14.6 Å². The summed E-state index contributed by atoms with van der Waals surface area (Å²) >= 11 is 0. The first-order valence-electron chi connectivity index (χ1n) is 11.7. The lowest BCUT2D eigenvalue weighted by molar-refractivity contribution is -0.144. The van der Waals surface area contributed by atoms with E-state index in [0.717, 1.165) is 12.1 Å². The highest BCUT2D eigenvalue weighted by Gasteiger charge is 2.63. The van der Waals surface area contributed by atoms with Gasteiger partial charge < -0.3 is 15.0 Å². The number of rotatable bonds is 6. The van der Waals surface area contributed by atoms with Crippen LogP contribution >= 0.6 is 0 Å². The molecular weight excluding hydrogens is 434 g/mol. The number of hydrogen-bond donors (Lipinski definition) is 1. The number of pyridine rings is 2. The molecule has 9 nitrogen and oxygen atoms in total. The average Bonchev–Trinajstić information content (AvgIpc) is 2.89. The van der Waals surface area contributed by atoms with E-state index in [-0.39, 0.29) is 23.9 Å². The standard InChI is InChI=1S/C25H31N5O4/c1-4-17(2)20(22(31)34-3)28-24(33)29-15-11-25(12-16-29)21(18-9-5-7-13-26-18)30(23(25)32)19-10-6-8-14-27-19/h5-10,13-14,17,20-21H,4,11-12,15-16H2,1-3H3,(H,28,33)/t17-,20-,21?/m0/s1. The second kappa shape index (κ2) is 9.79. The van der Waals surface area contributed by atoms with E-state index < -0.39 is 17.4 Å². The molecule has 2 aliphatic heterocycles. The van der Waals surface area contributed by atoms with Crippen LogP contribution in [0, 0.1) is 11.3 Å². The van der Waals surface area contributed by atoms with Crippen molar-refractivity contribution in [2.75, 3.05) is 25.1 Å². The Hall–Kier alpha value is -3.49. The molecule has 1 spiro atoms. The molecule has 34 heavy (non-hydrogen) atoms. The van der Waals surface area contributed by atoms with Crippen LogP contribution in [0.5, 0.6) is 0 Å². The molecule has 0 bridgehead atoms. The van der Waals surface area contributed by atoms with Gasteiger partial charge in [-0.1, -0.05) is 32.4 Å². The number of likely N-dealkylation sites (tertiary alicyclic amines) is 1. The van der Waals surface area contributed by atoms with Crippen LogP contribution in [0.1, 0.15) is 44.8 Å². The van der Waals surface area contributed by atoms with E-state index in [0.29, 0.717) is 31.7 Å². The number of carbonyl (C=O) groups is 3. The van der Waals surface area contributed by atoms with Gasteiger partial charge in [0, 0.05) is 25.5 Å². The monoisotopic (exact) mass is 465 g/mol. The molecule has 0 aromatic carbocycles. The van der Waals surface area contributed by atoms with Gasteiger partial charge in [0.2, 0.25) is 5.91 Å². The van der Waals surface area contributed by atoms with E-state index in [1.165, 1.54) is 7.11 Å². The Morgan fingerprint density at radius 3 is 2.38 bits per heavy atom. The van der Waals surface area contributed by atoms with Gasteiger partial charge in [0.05, 0.1) is 24.3 Å². The SMILES string of the molecule is CC[C@H](C)[C@H](NC(=O)N1CCC2(CC1)C(=O)N(c1ccccn1)C2c1ccccn1)C(=O)OC. The molecule has 2 aromatic rings. The smallest absolute Gasteiger partial charge is 0.328 e.